The Balaban J connectivity index is 1.60. The second-order valence-corrected chi connectivity index (χ2v) is 8.73. The molecule has 2 saturated carbocycles. The number of carbonyl (C=O) groups is 1. The Morgan fingerprint density at radius 2 is 2.00 bits per heavy atom. The number of nitrogens with one attached hydrogen (secondary N) is 1. The smallest absolute Gasteiger partial charge is 0.274 e. The van der Waals surface area contributed by atoms with Crippen molar-refractivity contribution in [3.8, 4) is 0 Å². The third-order valence-electron chi connectivity index (χ3n) is 6.85. The molecule has 0 saturated heterocycles. The van der Waals surface area contributed by atoms with Crippen molar-refractivity contribution >= 4 is 16.7 Å². The molecule has 5 nitrogen and oxygen atoms in total. The molecule has 150 valence electrons. The second kappa shape index (κ2) is 8.06. The van der Waals surface area contributed by atoms with Crippen molar-refractivity contribution in [2.45, 2.75) is 71.4 Å². The van der Waals surface area contributed by atoms with Crippen LogP contribution in [0.15, 0.2) is 29.1 Å². The van der Waals surface area contributed by atoms with Gasteiger partial charge in [-0.2, -0.15) is 5.10 Å². The summed E-state index contributed by atoms with van der Waals surface area (Å²) in [6, 6.07) is 7.48. The number of carbonyl (C=O) groups excluding carboxylic acids is 1. The number of hydrogen-bond acceptors (Lipinski definition) is 3. The second-order valence-electron chi connectivity index (χ2n) is 8.73. The van der Waals surface area contributed by atoms with Gasteiger partial charge in [-0.3, -0.25) is 9.59 Å². The van der Waals surface area contributed by atoms with Gasteiger partial charge in [0.2, 0.25) is 0 Å². The lowest BCUT2D eigenvalue weighted by Crippen LogP contribution is -2.41. The predicted molar refractivity (Wildman–Crippen MR) is 111 cm³/mol. The number of hydrogen-bond donors (Lipinski definition) is 1. The van der Waals surface area contributed by atoms with E-state index in [9.17, 15) is 9.59 Å². The lowest BCUT2D eigenvalue weighted by molar-refractivity contribution is 0.0909. The first-order chi connectivity index (χ1) is 13.6. The summed E-state index contributed by atoms with van der Waals surface area (Å²) in [4.78, 5) is 25.9. The van der Waals surface area contributed by atoms with Gasteiger partial charge in [0, 0.05) is 18.0 Å². The van der Waals surface area contributed by atoms with Crippen LogP contribution in [-0.4, -0.2) is 21.7 Å². The Morgan fingerprint density at radius 3 is 2.68 bits per heavy atom. The van der Waals surface area contributed by atoms with Crippen molar-refractivity contribution < 1.29 is 4.79 Å². The minimum atomic E-state index is -0.157. The molecule has 2 aliphatic rings. The molecule has 2 aliphatic carbocycles. The van der Waals surface area contributed by atoms with Crippen LogP contribution in [0.4, 0.5) is 0 Å². The molecule has 2 bridgehead atoms. The molecule has 4 atom stereocenters. The Labute approximate surface area is 166 Å². The first kappa shape index (κ1) is 19.2. The van der Waals surface area contributed by atoms with Crippen molar-refractivity contribution in [1.82, 2.24) is 15.1 Å². The molecule has 1 aromatic heterocycles. The third kappa shape index (κ3) is 3.59. The third-order valence-corrected chi connectivity index (χ3v) is 6.85. The molecule has 1 amide bonds. The van der Waals surface area contributed by atoms with Crippen molar-refractivity contribution in [3.63, 3.8) is 0 Å². The number of amides is 1. The highest BCUT2D eigenvalue weighted by atomic mass is 16.2. The van der Waals surface area contributed by atoms with Crippen molar-refractivity contribution in [2.24, 2.45) is 17.8 Å². The van der Waals surface area contributed by atoms with E-state index in [2.05, 4.69) is 24.3 Å². The van der Waals surface area contributed by atoms with E-state index in [0.29, 0.717) is 28.9 Å². The highest BCUT2D eigenvalue weighted by Gasteiger charge is 2.42. The minimum absolute atomic E-state index is 0.107. The first-order valence-corrected chi connectivity index (χ1v) is 10.9. The van der Waals surface area contributed by atoms with E-state index >= 15 is 0 Å². The van der Waals surface area contributed by atoms with Crippen LogP contribution in [0, 0.1) is 17.8 Å². The summed E-state index contributed by atoms with van der Waals surface area (Å²) >= 11 is 0. The number of benzene rings is 1. The summed E-state index contributed by atoms with van der Waals surface area (Å²) in [5.74, 6) is 2.03. The van der Waals surface area contributed by atoms with Gasteiger partial charge in [-0.1, -0.05) is 44.4 Å². The molecule has 2 aromatic rings. The average Bonchev–Trinajstić information content (AvgIpc) is 3.33. The van der Waals surface area contributed by atoms with E-state index in [4.69, 9.17) is 0 Å². The lowest BCUT2D eigenvalue weighted by Gasteiger charge is -2.28. The molecule has 1 N–H and O–H groups in total. The number of aryl methyl sites for hydroxylation is 1. The van der Waals surface area contributed by atoms with Gasteiger partial charge in [-0.05, 0) is 56.4 Å². The fourth-order valence-electron chi connectivity index (χ4n) is 5.35. The van der Waals surface area contributed by atoms with Crippen LogP contribution in [0.5, 0.6) is 0 Å². The maximum Gasteiger partial charge on any atom is 0.274 e. The Morgan fingerprint density at radius 1 is 1.21 bits per heavy atom. The number of rotatable bonds is 7. The maximum absolute atomic E-state index is 13.1. The van der Waals surface area contributed by atoms with Crippen LogP contribution in [0.25, 0.3) is 10.8 Å². The molecule has 1 heterocycles. The van der Waals surface area contributed by atoms with Crippen LogP contribution in [0.1, 0.15) is 69.3 Å². The zero-order valence-corrected chi connectivity index (χ0v) is 17.0. The standard InChI is InChI=1S/C23H31N3O2/c1-3-4-7-12-26-23(28)19-9-6-5-8-18(19)21(25-26)22(27)24-15(2)20-14-16-10-11-17(20)13-16/h5-6,8-9,15-17,20H,3-4,7,10-14H2,1-2H3,(H,24,27). The van der Waals surface area contributed by atoms with E-state index in [1.807, 2.05) is 18.2 Å². The lowest BCUT2D eigenvalue weighted by atomic mass is 9.84. The zero-order chi connectivity index (χ0) is 19.7. The minimum Gasteiger partial charge on any atom is -0.348 e. The summed E-state index contributed by atoms with van der Waals surface area (Å²) < 4.78 is 1.48. The van der Waals surface area contributed by atoms with Crippen molar-refractivity contribution in [2.75, 3.05) is 0 Å². The molecular formula is C23H31N3O2. The fourth-order valence-corrected chi connectivity index (χ4v) is 5.35. The first-order valence-electron chi connectivity index (χ1n) is 10.9. The van der Waals surface area contributed by atoms with Crippen molar-refractivity contribution in [3.05, 3.63) is 40.3 Å². The molecule has 1 aromatic carbocycles. The Hall–Kier alpha value is -2.17. The molecule has 0 aliphatic heterocycles. The number of fused-ring (bicyclic) bond motifs is 3. The Kier molecular flexibility index (Phi) is 5.51. The van der Waals surface area contributed by atoms with Crippen LogP contribution in [0.3, 0.4) is 0 Å². The monoisotopic (exact) mass is 381 g/mol. The topological polar surface area (TPSA) is 64.0 Å². The summed E-state index contributed by atoms with van der Waals surface area (Å²) in [5, 5.41) is 8.93. The SMILES string of the molecule is CCCCCn1nc(C(=O)NC(C)C2CC3CCC2C3)c2ccccc2c1=O. The molecule has 5 heteroatoms. The van der Waals surface area contributed by atoms with Gasteiger partial charge in [-0.25, -0.2) is 4.68 Å². The van der Waals surface area contributed by atoms with Gasteiger partial charge in [0.05, 0.1) is 5.39 Å². The van der Waals surface area contributed by atoms with Gasteiger partial charge >= 0.3 is 0 Å². The van der Waals surface area contributed by atoms with Gasteiger partial charge < -0.3 is 5.32 Å². The summed E-state index contributed by atoms with van der Waals surface area (Å²) in [5.41, 5.74) is 0.270. The quantitative estimate of drug-likeness (QED) is 0.733. The van der Waals surface area contributed by atoms with Gasteiger partial charge in [0.15, 0.2) is 5.69 Å². The molecular weight excluding hydrogens is 350 g/mol. The molecule has 0 radical (unpaired) electrons. The van der Waals surface area contributed by atoms with E-state index in [1.165, 1.54) is 30.4 Å². The van der Waals surface area contributed by atoms with Crippen LogP contribution in [-0.2, 0) is 6.54 Å². The zero-order valence-electron chi connectivity index (χ0n) is 17.0. The maximum atomic E-state index is 13.1. The molecule has 4 rings (SSSR count). The number of nitrogens with zero attached hydrogens (tertiary/aromatic N) is 2. The van der Waals surface area contributed by atoms with Crippen LogP contribution in [0.2, 0.25) is 0 Å². The number of aromatic nitrogens is 2. The normalized spacial score (nSPS) is 24.6. The average molecular weight is 382 g/mol. The van der Waals surface area contributed by atoms with E-state index in [1.54, 1.807) is 6.07 Å². The molecule has 0 spiro atoms. The van der Waals surface area contributed by atoms with E-state index in [0.717, 1.165) is 31.1 Å². The van der Waals surface area contributed by atoms with Crippen LogP contribution >= 0.6 is 0 Å². The molecule has 2 fully saturated rings. The van der Waals surface area contributed by atoms with Gasteiger partial charge in [-0.15, -0.1) is 0 Å². The summed E-state index contributed by atoms with van der Waals surface area (Å²) in [6.07, 6.45) is 8.24. The van der Waals surface area contributed by atoms with Crippen molar-refractivity contribution in [1.29, 1.82) is 0 Å². The van der Waals surface area contributed by atoms with Crippen LogP contribution < -0.4 is 10.9 Å². The summed E-state index contributed by atoms with van der Waals surface area (Å²) in [7, 11) is 0. The molecule has 28 heavy (non-hydrogen) atoms. The van der Waals surface area contributed by atoms with Gasteiger partial charge in [0.25, 0.3) is 11.5 Å². The Bertz CT molecular complexity index is 920. The fraction of sp³-hybridized carbons (Fsp3) is 0.609. The van der Waals surface area contributed by atoms with E-state index < -0.39 is 0 Å². The van der Waals surface area contributed by atoms with Gasteiger partial charge in [0.1, 0.15) is 0 Å². The molecule has 4 unspecified atom stereocenters. The highest BCUT2D eigenvalue weighted by Crippen LogP contribution is 2.49. The summed E-state index contributed by atoms with van der Waals surface area (Å²) in [6.45, 7) is 4.81. The largest absolute Gasteiger partial charge is 0.348 e. The highest BCUT2D eigenvalue weighted by molar-refractivity contribution is 6.04. The van der Waals surface area contributed by atoms with E-state index in [-0.39, 0.29) is 17.5 Å². The predicted octanol–water partition coefficient (Wildman–Crippen LogP) is 4.14. The number of unbranched alkanes of at least 4 members (excludes halogenated alkanes) is 2.